The highest BCUT2D eigenvalue weighted by Crippen LogP contribution is 2.32. The van der Waals surface area contributed by atoms with E-state index in [2.05, 4.69) is 15.6 Å². The zero-order valence-electron chi connectivity index (χ0n) is 14.5. The molecule has 0 atom stereocenters. The molecule has 0 unspecified atom stereocenters. The molecule has 0 bridgehead atoms. The van der Waals surface area contributed by atoms with Gasteiger partial charge in [-0.05, 0) is 42.0 Å². The third-order valence-corrected chi connectivity index (χ3v) is 4.11. The van der Waals surface area contributed by atoms with Gasteiger partial charge in [-0.3, -0.25) is 4.79 Å². The summed E-state index contributed by atoms with van der Waals surface area (Å²) in [5.74, 6) is -0.464. The fraction of sp³-hybridized carbons (Fsp3) is 0.100. The molecule has 0 radical (unpaired) electrons. The first-order valence-electron chi connectivity index (χ1n) is 8.43. The van der Waals surface area contributed by atoms with Crippen molar-refractivity contribution in [3.8, 4) is 11.5 Å². The molecule has 0 aliphatic carbocycles. The van der Waals surface area contributed by atoms with E-state index in [0.717, 1.165) is 23.4 Å². The summed E-state index contributed by atoms with van der Waals surface area (Å²) in [4.78, 5) is 16.4. The van der Waals surface area contributed by atoms with Crippen LogP contribution in [0.3, 0.4) is 0 Å². The van der Waals surface area contributed by atoms with Gasteiger partial charge in [-0.1, -0.05) is 6.07 Å². The molecule has 0 saturated heterocycles. The highest BCUT2D eigenvalue weighted by atomic mass is 19.2. The second-order valence-corrected chi connectivity index (χ2v) is 6.06. The van der Waals surface area contributed by atoms with Gasteiger partial charge in [0.15, 0.2) is 23.1 Å². The van der Waals surface area contributed by atoms with Gasteiger partial charge in [0, 0.05) is 24.5 Å². The van der Waals surface area contributed by atoms with Crippen molar-refractivity contribution in [3.63, 3.8) is 0 Å². The number of pyridine rings is 1. The number of benzene rings is 2. The van der Waals surface area contributed by atoms with Crippen LogP contribution in [-0.4, -0.2) is 17.7 Å². The van der Waals surface area contributed by atoms with E-state index in [1.807, 2.05) is 18.2 Å². The molecule has 6 nitrogen and oxygen atoms in total. The number of nitrogens with zero attached hydrogens (tertiary/aromatic N) is 1. The minimum Gasteiger partial charge on any atom is -0.454 e. The molecule has 0 saturated carbocycles. The maximum atomic E-state index is 13.2. The summed E-state index contributed by atoms with van der Waals surface area (Å²) in [6, 6.07) is 12.1. The Morgan fingerprint density at radius 3 is 2.64 bits per heavy atom. The van der Waals surface area contributed by atoms with Crippen molar-refractivity contribution < 1.29 is 23.0 Å². The molecular weight excluding hydrogens is 368 g/mol. The van der Waals surface area contributed by atoms with Crippen LogP contribution < -0.4 is 20.1 Å². The standard InChI is InChI=1S/C20H15F2N3O3/c21-15-4-3-14(8-16(15)22)25-20(26)13-2-6-19(24-10-13)23-9-12-1-5-17-18(7-12)28-11-27-17/h1-8,10H,9,11H2,(H,23,24)(H,25,26). The van der Waals surface area contributed by atoms with Gasteiger partial charge in [0.1, 0.15) is 5.82 Å². The van der Waals surface area contributed by atoms with E-state index in [-0.39, 0.29) is 12.5 Å². The number of halogens is 2. The highest BCUT2D eigenvalue weighted by Gasteiger charge is 2.13. The second-order valence-electron chi connectivity index (χ2n) is 6.06. The highest BCUT2D eigenvalue weighted by molar-refractivity contribution is 6.04. The molecule has 3 aromatic rings. The summed E-state index contributed by atoms with van der Waals surface area (Å²) < 4.78 is 36.8. The molecular formula is C20H15F2N3O3. The van der Waals surface area contributed by atoms with Crippen LogP contribution in [-0.2, 0) is 6.54 Å². The van der Waals surface area contributed by atoms with Crippen LogP contribution in [0.15, 0.2) is 54.7 Å². The first-order chi connectivity index (χ1) is 13.6. The SMILES string of the molecule is O=C(Nc1ccc(F)c(F)c1)c1ccc(NCc2ccc3c(c2)OCO3)nc1. The molecule has 2 aromatic carbocycles. The summed E-state index contributed by atoms with van der Waals surface area (Å²) in [6.45, 7) is 0.742. The lowest BCUT2D eigenvalue weighted by atomic mass is 10.2. The Kier molecular flexibility index (Phi) is 4.76. The van der Waals surface area contributed by atoms with Gasteiger partial charge >= 0.3 is 0 Å². The average Bonchev–Trinajstić information content (AvgIpc) is 3.17. The summed E-state index contributed by atoms with van der Waals surface area (Å²) in [7, 11) is 0. The van der Waals surface area contributed by atoms with E-state index in [0.29, 0.717) is 23.7 Å². The Labute approximate surface area is 159 Å². The number of nitrogens with one attached hydrogen (secondary N) is 2. The van der Waals surface area contributed by atoms with E-state index in [1.54, 1.807) is 12.1 Å². The van der Waals surface area contributed by atoms with E-state index >= 15 is 0 Å². The monoisotopic (exact) mass is 383 g/mol. The summed E-state index contributed by atoms with van der Waals surface area (Å²) in [5.41, 5.74) is 1.44. The van der Waals surface area contributed by atoms with Crippen molar-refractivity contribution in [3.05, 3.63) is 77.5 Å². The summed E-state index contributed by atoms with van der Waals surface area (Å²) in [6.07, 6.45) is 1.40. The molecule has 0 spiro atoms. The quantitative estimate of drug-likeness (QED) is 0.698. The third-order valence-electron chi connectivity index (χ3n) is 4.11. The summed E-state index contributed by atoms with van der Waals surface area (Å²) >= 11 is 0. The molecule has 4 rings (SSSR count). The van der Waals surface area contributed by atoms with Crippen LogP contribution >= 0.6 is 0 Å². The minimum atomic E-state index is -1.03. The van der Waals surface area contributed by atoms with Gasteiger partial charge < -0.3 is 20.1 Å². The normalized spacial score (nSPS) is 11.9. The Morgan fingerprint density at radius 2 is 1.86 bits per heavy atom. The van der Waals surface area contributed by atoms with Crippen LogP contribution in [0.2, 0.25) is 0 Å². The van der Waals surface area contributed by atoms with Gasteiger partial charge in [-0.25, -0.2) is 13.8 Å². The van der Waals surface area contributed by atoms with Crippen LogP contribution in [0.4, 0.5) is 20.3 Å². The minimum absolute atomic E-state index is 0.161. The van der Waals surface area contributed by atoms with Crippen molar-refractivity contribution in [2.75, 3.05) is 17.4 Å². The van der Waals surface area contributed by atoms with Crippen molar-refractivity contribution in [1.29, 1.82) is 0 Å². The topological polar surface area (TPSA) is 72.5 Å². The van der Waals surface area contributed by atoms with Crippen LogP contribution in [0.1, 0.15) is 15.9 Å². The largest absolute Gasteiger partial charge is 0.454 e. The van der Waals surface area contributed by atoms with Crippen molar-refractivity contribution in [2.24, 2.45) is 0 Å². The number of carbonyl (C=O) groups excluding carboxylic acids is 1. The zero-order chi connectivity index (χ0) is 19.5. The maximum Gasteiger partial charge on any atom is 0.257 e. The molecule has 1 aliphatic heterocycles. The predicted molar refractivity (Wildman–Crippen MR) is 98.4 cm³/mol. The van der Waals surface area contributed by atoms with Crippen LogP contribution in [0.25, 0.3) is 0 Å². The lowest BCUT2D eigenvalue weighted by molar-refractivity contribution is 0.102. The Morgan fingerprint density at radius 1 is 1.00 bits per heavy atom. The number of ether oxygens (including phenoxy) is 2. The Bertz CT molecular complexity index is 1030. The van der Waals surface area contributed by atoms with E-state index in [1.165, 1.54) is 12.3 Å². The molecule has 28 heavy (non-hydrogen) atoms. The fourth-order valence-electron chi connectivity index (χ4n) is 2.65. The number of carbonyl (C=O) groups is 1. The molecule has 142 valence electrons. The smallest absolute Gasteiger partial charge is 0.257 e. The molecule has 1 aromatic heterocycles. The van der Waals surface area contributed by atoms with Crippen molar-refractivity contribution >= 4 is 17.4 Å². The lowest BCUT2D eigenvalue weighted by Crippen LogP contribution is -2.13. The number of hydrogen-bond acceptors (Lipinski definition) is 5. The van der Waals surface area contributed by atoms with E-state index < -0.39 is 17.5 Å². The van der Waals surface area contributed by atoms with E-state index in [9.17, 15) is 13.6 Å². The van der Waals surface area contributed by atoms with Crippen LogP contribution in [0, 0.1) is 11.6 Å². The van der Waals surface area contributed by atoms with Gasteiger partial charge in [0.2, 0.25) is 6.79 Å². The molecule has 1 amide bonds. The number of anilines is 2. The number of fused-ring (bicyclic) bond motifs is 1. The lowest BCUT2D eigenvalue weighted by Gasteiger charge is -2.08. The van der Waals surface area contributed by atoms with Crippen molar-refractivity contribution in [1.82, 2.24) is 4.98 Å². The molecule has 8 heteroatoms. The first kappa shape index (κ1) is 17.7. The first-order valence-corrected chi connectivity index (χ1v) is 8.43. The number of amides is 1. The van der Waals surface area contributed by atoms with Crippen LogP contribution in [0.5, 0.6) is 11.5 Å². The molecule has 0 fully saturated rings. The van der Waals surface area contributed by atoms with E-state index in [4.69, 9.17) is 9.47 Å². The van der Waals surface area contributed by atoms with Crippen molar-refractivity contribution in [2.45, 2.75) is 6.54 Å². The number of hydrogen-bond donors (Lipinski definition) is 2. The maximum absolute atomic E-state index is 13.2. The Hall–Kier alpha value is -3.68. The second kappa shape index (κ2) is 7.51. The third kappa shape index (κ3) is 3.85. The Balaban J connectivity index is 1.36. The van der Waals surface area contributed by atoms with Gasteiger partial charge in [-0.15, -0.1) is 0 Å². The number of aromatic nitrogens is 1. The molecule has 1 aliphatic rings. The fourth-order valence-corrected chi connectivity index (χ4v) is 2.65. The molecule has 2 heterocycles. The van der Waals surface area contributed by atoms with Gasteiger partial charge in [-0.2, -0.15) is 0 Å². The number of rotatable bonds is 5. The van der Waals surface area contributed by atoms with Gasteiger partial charge in [0.25, 0.3) is 5.91 Å². The van der Waals surface area contributed by atoms with Gasteiger partial charge in [0.05, 0.1) is 5.56 Å². The molecule has 2 N–H and O–H groups in total. The average molecular weight is 383 g/mol. The zero-order valence-corrected chi connectivity index (χ0v) is 14.5. The summed E-state index contributed by atoms with van der Waals surface area (Å²) in [5, 5.41) is 5.65. The predicted octanol–water partition coefficient (Wildman–Crippen LogP) is 3.95.